The summed E-state index contributed by atoms with van der Waals surface area (Å²) in [6, 6.07) is 7.74. The number of halogens is 12. The van der Waals surface area contributed by atoms with Gasteiger partial charge in [-0.2, -0.15) is 64.4 Å². The molecule has 6 saturated heterocycles. The smallest absolute Gasteiger partial charge is 0.394 e. The van der Waals surface area contributed by atoms with Gasteiger partial charge in [0, 0.05) is 140 Å². The van der Waals surface area contributed by atoms with Crippen LogP contribution in [0.1, 0.15) is 152 Å². The molecule has 5 aromatic heterocycles. The molecule has 41 nitrogen and oxygen atoms in total. The molecule has 0 bridgehead atoms. The van der Waals surface area contributed by atoms with Gasteiger partial charge in [-0.3, -0.25) is 33.4 Å². The Hall–Kier alpha value is -3.54. The number of nitrogens with two attached hydrogens (primary N) is 2. The number of rotatable bonds is 28. The average Bonchev–Trinajstić information content (AvgIpc) is 1.62. The molecule has 0 saturated carbocycles. The topological polar surface area (TPSA) is 552 Å². The Morgan fingerprint density at radius 2 is 0.993 bits per heavy atom. The van der Waals surface area contributed by atoms with Crippen molar-refractivity contribution in [1.29, 1.82) is 0 Å². The number of aliphatic hydroxyl groups excluding tert-OH is 7. The Bertz CT molecular complexity index is 4870. The van der Waals surface area contributed by atoms with E-state index >= 15 is 0 Å². The molecule has 64 heteroatoms. The second-order valence-corrected chi connectivity index (χ2v) is 37.6. The van der Waals surface area contributed by atoms with E-state index in [1.807, 2.05) is 67.3 Å². The minimum atomic E-state index is -4.43. The van der Waals surface area contributed by atoms with Crippen molar-refractivity contribution in [2.75, 3.05) is 94.2 Å². The number of anilines is 5. The fraction of sp³-hybridized carbons (Fsp3) is 0.682. The summed E-state index contributed by atoms with van der Waals surface area (Å²) < 4.78 is 185. The predicted octanol–water partition coefficient (Wildman–Crippen LogP) is 10.2. The molecule has 0 aliphatic carbocycles. The molecule has 15 N–H and O–H groups in total. The number of imidazole rings is 2. The minimum Gasteiger partial charge on any atom is -0.394 e. The summed E-state index contributed by atoms with van der Waals surface area (Å²) in [5.41, 5.74) is 7.39. The molecule has 6 aromatic rings. The van der Waals surface area contributed by atoms with E-state index in [4.69, 9.17) is 131 Å². The van der Waals surface area contributed by atoms with Crippen LogP contribution in [0.2, 0.25) is 0 Å². The molecule has 0 spiro atoms. The number of carbonyl (C=O) groups is 3. The van der Waals surface area contributed by atoms with Crippen molar-refractivity contribution in [3.63, 3.8) is 0 Å². The number of carbonyl (C=O) groups excluding carboxylic acids is 3. The summed E-state index contributed by atoms with van der Waals surface area (Å²) in [5.74, 6) is -0.558. The van der Waals surface area contributed by atoms with E-state index in [9.17, 15) is 89.3 Å². The third-order valence-corrected chi connectivity index (χ3v) is 22.6. The summed E-state index contributed by atoms with van der Waals surface area (Å²) >= 11 is 15.1. The Morgan fingerprint density at radius 3 is 1.42 bits per heavy atom. The maximum atomic E-state index is 12.7. The molecule has 149 heavy (non-hydrogen) atoms. The van der Waals surface area contributed by atoms with Crippen LogP contribution in [-0.2, 0) is 141 Å². The number of benzene rings is 1. The predicted molar refractivity (Wildman–Crippen MR) is 540 cm³/mol. The van der Waals surface area contributed by atoms with Crippen LogP contribution in [0.4, 0.5) is 68.9 Å². The van der Waals surface area contributed by atoms with Gasteiger partial charge in [-0.05, 0) is 128 Å². The van der Waals surface area contributed by atoms with Crippen molar-refractivity contribution in [2.24, 2.45) is 5.41 Å². The number of aliphatic hydroxyl groups is 8. The Balaban J connectivity index is -0.000000543. The van der Waals surface area contributed by atoms with Crippen molar-refractivity contribution in [1.82, 2.24) is 48.6 Å². The number of amides is 3. The average molecular weight is 2450 g/mol. The number of aromatic nitrogens is 10. The number of nitrogen functional groups attached to an aromatic ring is 2. The zero-order valence-corrected chi connectivity index (χ0v) is 96.1. The summed E-state index contributed by atoms with van der Waals surface area (Å²) in [4.78, 5) is 76.4. The first-order valence-electron chi connectivity index (χ1n) is 43.6. The number of methoxy groups -OCH3 is 1. The number of hydrogen-bond acceptors (Lipinski definition) is 35. The summed E-state index contributed by atoms with van der Waals surface area (Å²) in [5, 5.41) is 84.3. The molecule has 3 amide bonds. The number of hydrogen-bond donors (Lipinski definition) is 13. The third kappa shape index (κ3) is 44.9. The number of nitrogens with zero attached hydrogens (tertiary/aromatic N) is 10. The van der Waals surface area contributed by atoms with Crippen molar-refractivity contribution in [3.8, 4) is 0 Å². The standard InChI is InChI=1S/C20H26N3O4P.C16H22N6O5.C12H21BF3O4P.C11H18BF3O4.C10H14N6O4.C6H11BO4.C4H6ClF3O.2CH4ClP.4CH3.4Ni/c1-5-14-16(27-28-4)20(2,3)18(26-14)23-12-11-15(22-19(23)25)21-17(24)13-9-7-6-8-10-13;1-5-9-11(25)12(26-4)15(27-9)22-6-17-10-13(18-7(2)23)20-16(19-8(3)24)21-14(10)22;1-5-8-9(20-21-4)11(3,10(13)18-8)19-7(2)17-6-12(14,15)16;1-4-7-8(16)10(3,9(12)18-7)19-6(2)17-5-11(13,14)15;11-7-4-8(15-10(12)14-7)16(2-13-4)9-6(19)5(18)3(1-17)20-9;1-6(10)4(9)3(2-8)11-5(6)7;1-3(5)9-2-4(6,7)8;2*1-3-2;;;;;;;;/h6-12,14,16,18,28H,5H2,1-4H3,(H,21,22,24,25);6,9,11-12,15,25H,5H2,1-4H3,(H2,18,19,20,21,23,24);7-10,21H,5-6H2,1-4H3;6-9,16H,4-5H2,1-3H3;2-3,5-6,9,17-19H,1H2,(H4,11,12,14,15);3-5,8-10H,2H2,1H3;3H,2H2,1H3;2*3H,1H3;4*1H3;;;;/q;;;;;;;;;4*-1;;;;/t14-,16+,18-;9-,11+,12?,15-;7?,8-,9+,10-,11?;6?,7-,8+,9-,10?;3-,5+,6?,9-;3-,4+,5-,6?;;;;;;;;;;;/m111111.........../s1. The SMILES string of the molecule is CC(Cl)OCC(F)(F)F.CC[C@H]1O[C@@H](n2ccc(NC(=O)c3ccccc3)nc2=O)C(C)(C)[C@H]1OPC.CC[C@H]1O[C@@H](n2cnc3c(NC(C)=O)nc(NC(C)=O)nc32)C(OC)[C@H]1O.CPCl.CPCl.Nc1nc(N)c2ncn([C@@H]3O[C@H](CO)[C@H](O)C3O)c2n1.[B][C@@H]1O[C@H](CC)[C@H](O)C1(C)OC(C)OCC(F)(F)F.[B][C@@H]1O[C@H](CC)[C@H](OPC)C1(C)OC(C)OCC(F)(F)F.[B][C@@H]1O[C@H](CO)[C@H](O)C1(C)O.[CH3-].[CH3-].[CH3-].[CH3-].[Ni].[Ni].[Ni].[Ni]. The van der Waals surface area contributed by atoms with Gasteiger partial charge >= 0.3 is 24.2 Å². The van der Waals surface area contributed by atoms with Gasteiger partial charge in [0.25, 0.3) is 5.91 Å². The molecule has 866 valence electrons. The van der Waals surface area contributed by atoms with Crippen LogP contribution < -0.4 is 33.1 Å². The number of fused-ring (bicyclic) bond motifs is 2. The van der Waals surface area contributed by atoms with E-state index in [-0.39, 0.29) is 182 Å². The number of ether oxygens (including phenoxy) is 12. The minimum absolute atomic E-state index is 0. The van der Waals surface area contributed by atoms with Gasteiger partial charge in [0.05, 0.1) is 56.4 Å². The first-order chi connectivity index (χ1) is 65.7. The third-order valence-electron chi connectivity index (χ3n) is 21.5. The quantitative estimate of drug-likeness (QED) is 0.00542. The molecule has 6 radical (unpaired) electrons. The first-order valence-corrected chi connectivity index (χ1v) is 51.8. The Labute approximate surface area is 928 Å². The first kappa shape index (κ1) is 154. The van der Waals surface area contributed by atoms with Crippen LogP contribution in [0.25, 0.3) is 22.3 Å². The molecule has 12 unspecified atom stereocenters. The van der Waals surface area contributed by atoms with Crippen LogP contribution in [0, 0.1) is 35.1 Å². The molecule has 30 atom stereocenters. The van der Waals surface area contributed by atoms with E-state index in [2.05, 4.69) is 65.0 Å². The van der Waals surface area contributed by atoms with E-state index in [0.29, 0.717) is 66.2 Å². The van der Waals surface area contributed by atoms with Crippen LogP contribution >= 0.6 is 67.6 Å². The van der Waals surface area contributed by atoms with Crippen molar-refractivity contribution >= 4 is 161 Å². The second-order valence-electron chi connectivity index (χ2n) is 32.7. The number of alkyl halides is 10. The maximum Gasteiger partial charge on any atom is 0.411 e. The van der Waals surface area contributed by atoms with Gasteiger partial charge in [-0.25, -0.2) is 14.8 Å². The summed E-state index contributed by atoms with van der Waals surface area (Å²) in [6.45, 7) is 25.8. The molecule has 1 aromatic carbocycles. The molecule has 11 heterocycles. The maximum absolute atomic E-state index is 12.7. The van der Waals surface area contributed by atoms with Gasteiger partial charge in [-0.1, -0.05) is 71.3 Å². The fourth-order valence-electron chi connectivity index (χ4n) is 14.5. The van der Waals surface area contributed by atoms with Gasteiger partial charge in [0.2, 0.25) is 23.7 Å². The van der Waals surface area contributed by atoms with Crippen LogP contribution in [0.5, 0.6) is 0 Å². The van der Waals surface area contributed by atoms with Crippen molar-refractivity contribution in [3.05, 3.63) is 101 Å². The van der Waals surface area contributed by atoms with Crippen LogP contribution in [0.15, 0.2) is 60.0 Å². The molecule has 12 rings (SSSR count). The van der Waals surface area contributed by atoms with Gasteiger partial charge in [-0.15, -0.1) is 22.5 Å². The zero-order valence-electron chi connectivity index (χ0n) is 85.9. The van der Waals surface area contributed by atoms with Crippen LogP contribution in [0.3, 0.4) is 0 Å². The van der Waals surface area contributed by atoms with Crippen LogP contribution in [-0.4, -0.2) is 354 Å². The van der Waals surface area contributed by atoms with Crippen molar-refractivity contribution < 1.29 is 227 Å². The monoisotopic (exact) mass is 2450 g/mol. The molecular weight excluding hydrogens is 2320 g/mol. The van der Waals surface area contributed by atoms with E-state index in [1.54, 1.807) is 54.9 Å². The van der Waals surface area contributed by atoms with E-state index < -0.39 is 195 Å². The summed E-state index contributed by atoms with van der Waals surface area (Å²) in [6.07, 6.45) is -19.9. The fourth-order valence-corrected chi connectivity index (χ4v) is 15.9. The van der Waals surface area contributed by atoms with E-state index in [0.717, 1.165) is 6.42 Å². The largest absolute Gasteiger partial charge is 0.411 e. The zero-order chi connectivity index (χ0) is 107. The molecule has 6 fully saturated rings. The Kier molecular flexibility index (Phi) is 73.4. The van der Waals surface area contributed by atoms with E-state index in [1.165, 1.54) is 77.4 Å². The molecule has 6 aliphatic rings. The van der Waals surface area contributed by atoms with Gasteiger partial charge in [0.1, 0.15) is 138 Å². The Morgan fingerprint density at radius 1 is 0.550 bits per heavy atom. The second kappa shape index (κ2) is 71.1. The summed E-state index contributed by atoms with van der Waals surface area (Å²) in [7, 11) is 20.1. The normalized spacial score (nSPS) is 28.0. The van der Waals surface area contributed by atoms with Gasteiger partial charge in [0.15, 0.2) is 53.5 Å². The van der Waals surface area contributed by atoms with Gasteiger partial charge < -0.3 is 159 Å². The van der Waals surface area contributed by atoms with Crippen molar-refractivity contribution in [2.45, 2.75) is 298 Å². The molecular formula is C85H138B3Cl3F9N15Ni4O26P4-4. The molecule has 6 aliphatic heterocycles. The number of nitrogens with one attached hydrogen (secondary N) is 3.